The molecule has 1 aromatic heterocycles. The Kier molecular flexibility index (Phi) is 4.49. The van der Waals surface area contributed by atoms with Crippen LogP contribution in [0.5, 0.6) is 5.75 Å². The molecule has 0 aliphatic rings. The Bertz CT molecular complexity index is 377. The number of unbranched alkanes of at least 4 members (excludes halogenated alkanes) is 2. The van der Waals surface area contributed by atoms with E-state index in [1.165, 1.54) is 11.1 Å². The maximum Gasteiger partial charge on any atom is 0.285 e. The van der Waals surface area contributed by atoms with Gasteiger partial charge in [0.2, 0.25) is 6.20 Å². The fourth-order valence-corrected chi connectivity index (χ4v) is 1.14. The molecule has 0 radical (unpaired) electrons. The summed E-state index contributed by atoms with van der Waals surface area (Å²) in [7, 11) is 1.61. The topological polar surface area (TPSA) is 39.1 Å². The van der Waals surface area contributed by atoms with Crippen LogP contribution in [-0.2, 0) is 0 Å². The van der Waals surface area contributed by atoms with Crippen molar-refractivity contribution in [1.29, 1.82) is 0 Å². The number of hydrogen-bond acceptors (Lipinski definition) is 2. The molecule has 1 rings (SSSR count). The third kappa shape index (κ3) is 3.51. The van der Waals surface area contributed by atoms with Crippen molar-refractivity contribution in [2.24, 2.45) is 0 Å². The van der Waals surface area contributed by atoms with Crippen molar-refractivity contribution in [2.75, 3.05) is 13.0 Å². The van der Waals surface area contributed by atoms with Gasteiger partial charge in [0.1, 0.15) is 0 Å². The Labute approximate surface area is 90.8 Å². The molecule has 1 heterocycles. The third-order valence-corrected chi connectivity index (χ3v) is 2.06. The summed E-state index contributed by atoms with van der Waals surface area (Å²) in [5.41, 5.74) is 0.798. The summed E-state index contributed by atoms with van der Waals surface area (Å²) in [6.07, 6.45) is 4.93. The average molecular weight is 205 g/mol. The van der Waals surface area contributed by atoms with Crippen molar-refractivity contribution in [1.82, 2.24) is 0 Å². The third-order valence-electron chi connectivity index (χ3n) is 2.06. The summed E-state index contributed by atoms with van der Waals surface area (Å²) < 4.78 is 6.53. The average Bonchev–Trinajstić information content (AvgIpc) is 2.26. The molecular weight excluding hydrogens is 188 g/mol. The minimum Gasteiger partial charge on any atom is -0.491 e. The number of rotatable bonds is 3. The maximum atomic E-state index is 5.75. The Hall–Kier alpha value is -1.69. The lowest BCUT2D eigenvalue weighted by Crippen LogP contribution is -2.47. The number of hydrogen-bond donors (Lipinski definition) is 1. The molecule has 0 aliphatic carbocycles. The summed E-state index contributed by atoms with van der Waals surface area (Å²) in [4.78, 5) is 0. The van der Waals surface area contributed by atoms with Gasteiger partial charge in [-0.3, -0.25) is 0 Å². The molecule has 0 aromatic carbocycles. The lowest BCUT2D eigenvalue weighted by molar-refractivity contribution is -0.641. The standard InChI is InChI=1S/C12H17N2O/c1-3-4-5-6-7-11-8-9-12(15-2)10-14(11)13/h8-10H,3-5,13H2,1-2H3/q+1. The normalized spacial score (nSPS) is 9.20. The first-order valence-electron chi connectivity index (χ1n) is 5.11. The Morgan fingerprint density at radius 1 is 1.47 bits per heavy atom. The van der Waals surface area contributed by atoms with Crippen LogP contribution in [0.2, 0.25) is 0 Å². The molecule has 3 nitrogen and oxygen atoms in total. The highest BCUT2D eigenvalue weighted by Crippen LogP contribution is 2.04. The smallest absolute Gasteiger partial charge is 0.285 e. The second-order valence-electron chi connectivity index (χ2n) is 3.27. The lowest BCUT2D eigenvalue weighted by Gasteiger charge is -1.96. The van der Waals surface area contributed by atoms with Gasteiger partial charge in [-0.2, -0.15) is 0 Å². The molecule has 80 valence electrons. The molecule has 0 atom stereocenters. The molecule has 0 saturated heterocycles. The van der Waals surface area contributed by atoms with E-state index in [-0.39, 0.29) is 0 Å². The zero-order chi connectivity index (χ0) is 11.1. The van der Waals surface area contributed by atoms with Crippen LogP contribution >= 0.6 is 0 Å². The minimum atomic E-state index is 0.733. The molecule has 0 unspecified atom stereocenters. The van der Waals surface area contributed by atoms with Gasteiger partial charge in [0.15, 0.2) is 5.75 Å². The molecule has 3 heteroatoms. The van der Waals surface area contributed by atoms with Gasteiger partial charge in [-0.15, -0.1) is 0 Å². The van der Waals surface area contributed by atoms with Gasteiger partial charge in [-0.1, -0.05) is 23.9 Å². The van der Waals surface area contributed by atoms with Gasteiger partial charge < -0.3 is 4.74 Å². The highest BCUT2D eigenvalue weighted by molar-refractivity contribution is 5.26. The molecular formula is C12H17N2O+. The number of pyridine rings is 1. The summed E-state index contributed by atoms with van der Waals surface area (Å²) in [5, 5.41) is 0. The number of aromatic nitrogens is 1. The van der Waals surface area contributed by atoms with Crippen molar-refractivity contribution in [3.63, 3.8) is 0 Å². The zero-order valence-corrected chi connectivity index (χ0v) is 9.29. The summed E-state index contributed by atoms with van der Waals surface area (Å²) in [6.45, 7) is 2.15. The summed E-state index contributed by atoms with van der Waals surface area (Å²) >= 11 is 0. The van der Waals surface area contributed by atoms with Gasteiger partial charge in [0, 0.05) is 18.4 Å². The predicted molar refractivity (Wildman–Crippen MR) is 59.7 cm³/mol. The van der Waals surface area contributed by atoms with Crippen LogP contribution in [-0.4, -0.2) is 7.11 Å². The predicted octanol–water partition coefficient (Wildman–Crippen LogP) is 1.24. The number of nitrogens with two attached hydrogens (primary N) is 1. The van der Waals surface area contributed by atoms with Gasteiger partial charge in [0.25, 0.3) is 5.69 Å². The first-order valence-corrected chi connectivity index (χ1v) is 5.11. The summed E-state index contributed by atoms with van der Waals surface area (Å²) in [5.74, 6) is 12.6. The van der Waals surface area contributed by atoms with Crippen molar-refractivity contribution < 1.29 is 9.41 Å². The quantitative estimate of drug-likeness (QED) is 0.349. The number of nitrogens with zero attached hydrogens (tertiary/aromatic N) is 1. The van der Waals surface area contributed by atoms with E-state index in [0.29, 0.717) is 0 Å². The molecule has 1 aromatic rings. The summed E-state index contributed by atoms with van der Waals surface area (Å²) in [6, 6.07) is 3.71. The van der Waals surface area contributed by atoms with Gasteiger partial charge >= 0.3 is 0 Å². The van der Waals surface area contributed by atoms with Gasteiger partial charge in [-0.25, -0.2) is 5.84 Å². The minimum absolute atomic E-state index is 0.733. The monoisotopic (exact) mass is 205 g/mol. The largest absolute Gasteiger partial charge is 0.491 e. The molecule has 0 bridgehead atoms. The molecule has 0 spiro atoms. The number of methoxy groups -OCH3 is 1. The zero-order valence-electron chi connectivity index (χ0n) is 9.29. The van der Waals surface area contributed by atoms with E-state index in [4.69, 9.17) is 10.6 Å². The van der Waals surface area contributed by atoms with Crippen molar-refractivity contribution in [3.05, 3.63) is 24.0 Å². The molecule has 0 fully saturated rings. The highest BCUT2D eigenvalue weighted by Gasteiger charge is 2.05. The molecule has 0 aliphatic heterocycles. The van der Waals surface area contributed by atoms with Crippen LogP contribution in [0.25, 0.3) is 0 Å². The number of nitrogen functional groups attached to an aromatic ring is 1. The van der Waals surface area contributed by atoms with Crippen LogP contribution in [0, 0.1) is 11.8 Å². The van der Waals surface area contributed by atoms with E-state index in [2.05, 4.69) is 18.8 Å². The van der Waals surface area contributed by atoms with E-state index in [1.807, 2.05) is 12.1 Å². The number of ether oxygens (including phenoxy) is 1. The fourth-order valence-electron chi connectivity index (χ4n) is 1.14. The molecule has 15 heavy (non-hydrogen) atoms. The van der Waals surface area contributed by atoms with Crippen molar-refractivity contribution in [2.45, 2.75) is 26.2 Å². The molecule has 2 N–H and O–H groups in total. The van der Waals surface area contributed by atoms with Crippen LogP contribution < -0.4 is 15.3 Å². The van der Waals surface area contributed by atoms with E-state index >= 15 is 0 Å². The van der Waals surface area contributed by atoms with Crippen LogP contribution in [0.4, 0.5) is 0 Å². The van der Waals surface area contributed by atoms with E-state index < -0.39 is 0 Å². The Morgan fingerprint density at radius 2 is 2.27 bits per heavy atom. The highest BCUT2D eigenvalue weighted by atomic mass is 16.5. The maximum absolute atomic E-state index is 5.75. The van der Waals surface area contributed by atoms with E-state index in [9.17, 15) is 0 Å². The fraction of sp³-hybridized carbons (Fsp3) is 0.417. The molecule has 0 saturated carbocycles. The first kappa shape index (κ1) is 11.4. The SMILES string of the molecule is CCCCC#Cc1ccc(OC)c[n+]1N. The van der Waals surface area contributed by atoms with Crippen LogP contribution in [0.1, 0.15) is 31.9 Å². The van der Waals surface area contributed by atoms with Crippen molar-refractivity contribution in [3.8, 4) is 17.6 Å². The lowest BCUT2D eigenvalue weighted by atomic mass is 10.2. The van der Waals surface area contributed by atoms with E-state index in [0.717, 1.165) is 24.3 Å². The van der Waals surface area contributed by atoms with Crippen LogP contribution in [0.15, 0.2) is 18.3 Å². The Morgan fingerprint density at radius 3 is 2.87 bits per heavy atom. The second-order valence-corrected chi connectivity index (χ2v) is 3.27. The van der Waals surface area contributed by atoms with Crippen LogP contribution in [0.3, 0.4) is 0 Å². The first-order chi connectivity index (χ1) is 7.27. The molecule has 0 amide bonds. The van der Waals surface area contributed by atoms with Gasteiger partial charge in [0.05, 0.1) is 7.11 Å². The van der Waals surface area contributed by atoms with E-state index in [1.54, 1.807) is 13.3 Å². The second kappa shape index (κ2) is 5.92. The van der Waals surface area contributed by atoms with Crippen molar-refractivity contribution >= 4 is 0 Å². The Balaban J connectivity index is 2.72. The van der Waals surface area contributed by atoms with Gasteiger partial charge in [-0.05, 0) is 12.5 Å².